The SMILES string of the molecule is Fc1ccc(N[C@H]2CCCN(Cc3cccc4nonc34)C2)cc1. The average Bonchev–Trinajstić information content (AvgIpc) is 3.07. The summed E-state index contributed by atoms with van der Waals surface area (Å²) in [6, 6.07) is 12.9. The first-order chi connectivity index (χ1) is 11.8. The second kappa shape index (κ2) is 6.57. The molecule has 0 saturated carbocycles. The minimum absolute atomic E-state index is 0.208. The van der Waals surface area contributed by atoms with Gasteiger partial charge in [0.1, 0.15) is 16.9 Å². The quantitative estimate of drug-likeness (QED) is 0.796. The maximum atomic E-state index is 13.0. The predicted molar refractivity (Wildman–Crippen MR) is 90.1 cm³/mol. The topological polar surface area (TPSA) is 54.2 Å². The lowest BCUT2D eigenvalue weighted by molar-refractivity contribution is 0.209. The smallest absolute Gasteiger partial charge is 0.139 e. The van der Waals surface area contributed by atoms with Gasteiger partial charge in [-0.1, -0.05) is 12.1 Å². The van der Waals surface area contributed by atoms with E-state index in [1.165, 1.54) is 12.1 Å². The Balaban J connectivity index is 1.43. The Labute approximate surface area is 139 Å². The second-order valence-electron chi connectivity index (χ2n) is 6.27. The van der Waals surface area contributed by atoms with Gasteiger partial charge in [0.05, 0.1) is 0 Å². The first-order valence-corrected chi connectivity index (χ1v) is 8.22. The van der Waals surface area contributed by atoms with Gasteiger partial charge in [0.25, 0.3) is 0 Å². The second-order valence-corrected chi connectivity index (χ2v) is 6.27. The van der Waals surface area contributed by atoms with E-state index in [1.807, 2.05) is 12.1 Å². The molecular weight excluding hydrogens is 307 g/mol. The summed E-state index contributed by atoms with van der Waals surface area (Å²) >= 11 is 0. The van der Waals surface area contributed by atoms with Crippen LogP contribution in [0.3, 0.4) is 0 Å². The van der Waals surface area contributed by atoms with Crippen LogP contribution in [0.4, 0.5) is 10.1 Å². The lowest BCUT2D eigenvalue weighted by atomic mass is 10.0. The number of likely N-dealkylation sites (tertiary alicyclic amines) is 1. The molecule has 3 aromatic rings. The van der Waals surface area contributed by atoms with Crippen LogP contribution in [-0.4, -0.2) is 34.3 Å². The highest BCUT2D eigenvalue weighted by Gasteiger charge is 2.21. The molecule has 0 bridgehead atoms. The zero-order chi connectivity index (χ0) is 16.4. The van der Waals surface area contributed by atoms with Crippen molar-refractivity contribution in [2.75, 3.05) is 18.4 Å². The fraction of sp³-hybridized carbons (Fsp3) is 0.333. The van der Waals surface area contributed by atoms with Crippen molar-refractivity contribution < 1.29 is 9.02 Å². The van der Waals surface area contributed by atoms with E-state index in [1.54, 1.807) is 12.1 Å². The van der Waals surface area contributed by atoms with Crippen molar-refractivity contribution in [1.29, 1.82) is 0 Å². The van der Waals surface area contributed by atoms with Crippen molar-refractivity contribution in [3.05, 3.63) is 53.8 Å². The van der Waals surface area contributed by atoms with Gasteiger partial charge in [-0.2, -0.15) is 0 Å². The zero-order valence-corrected chi connectivity index (χ0v) is 13.3. The maximum absolute atomic E-state index is 13.0. The van der Waals surface area contributed by atoms with Crippen molar-refractivity contribution in [3.63, 3.8) is 0 Å². The molecule has 0 spiro atoms. The molecule has 4 rings (SSSR count). The van der Waals surface area contributed by atoms with Gasteiger partial charge in [0.15, 0.2) is 0 Å². The number of fused-ring (bicyclic) bond motifs is 1. The average molecular weight is 326 g/mol. The molecule has 1 aliphatic heterocycles. The summed E-state index contributed by atoms with van der Waals surface area (Å²) < 4.78 is 17.9. The Morgan fingerprint density at radius 2 is 2.04 bits per heavy atom. The molecule has 1 aliphatic rings. The van der Waals surface area contributed by atoms with Crippen LogP contribution in [-0.2, 0) is 6.54 Å². The molecule has 1 saturated heterocycles. The monoisotopic (exact) mass is 326 g/mol. The van der Waals surface area contributed by atoms with E-state index in [-0.39, 0.29) is 5.82 Å². The molecule has 6 heteroatoms. The van der Waals surface area contributed by atoms with Crippen LogP contribution >= 0.6 is 0 Å². The van der Waals surface area contributed by atoms with E-state index in [2.05, 4.69) is 26.6 Å². The minimum atomic E-state index is -0.208. The number of hydrogen-bond acceptors (Lipinski definition) is 5. The molecule has 2 heterocycles. The molecule has 2 aromatic carbocycles. The van der Waals surface area contributed by atoms with Crippen LogP contribution in [0.1, 0.15) is 18.4 Å². The van der Waals surface area contributed by atoms with Crippen molar-refractivity contribution in [2.45, 2.75) is 25.4 Å². The van der Waals surface area contributed by atoms with E-state index in [0.29, 0.717) is 6.04 Å². The molecule has 0 radical (unpaired) electrons. The first-order valence-electron chi connectivity index (χ1n) is 8.22. The van der Waals surface area contributed by atoms with E-state index in [9.17, 15) is 4.39 Å². The molecule has 5 nitrogen and oxygen atoms in total. The predicted octanol–water partition coefficient (Wildman–Crippen LogP) is 3.44. The number of nitrogens with zero attached hydrogens (tertiary/aromatic N) is 3. The lowest BCUT2D eigenvalue weighted by Crippen LogP contribution is -2.41. The molecule has 24 heavy (non-hydrogen) atoms. The highest BCUT2D eigenvalue weighted by Crippen LogP contribution is 2.21. The largest absolute Gasteiger partial charge is 0.381 e. The summed E-state index contributed by atoms with van der Waals surface area (Å²) in [7, 11) is 0. The van der Waals surface area contributed by atoms with Crippen LogP contribution in [0.25, 0.3) is 11.0 Å². The summed E-state index contributed by atoms with van der Waals surface area (Å²) in [5.41, 5.74) is 3.74. The molecule has 1 aromatic heterocycles. The molecule has 124 valence electrons. The van der Waals surface area contributed by atoms with Gasteiger partial charge in [-0.05, 0) is 65.6 Å². The third kappa shape index (κ3) is 3.23. The minimum Gasteiger partial charge on any atom is -0.381 e. The van der Waals surface area contributed by atoms with Crippen LogP contribution < -0.4 is 5.32 Å². The number of anilines is 1. The van der Waals surface area contributed by atoms with Crippen LogP contribution in [0.5, 0.6) is 0 Å². The zero-order valence-electron chi connectivity index (χ0n) is 13.3. The van der Waals surface area contributed by atoms with E-state index in [0.717, 1.165) is 54.8 Å². The van der Waals surface area contributed by atoms with Crippen LogP contribution in [0.2, 0.25) is 0 Å². The van der Waals surface area contributed by atoms with Gasteiger partial charge in [-0.3, -0.25) is 4.90 Å². The number of benzene rings is 2. The van der Waals surface area contributed by atoms with Gasteiger partial charge in [-0.25, -0.2) is 9.02 Å². The van der Waals surface area contributed by atoms with Crippen molar-refractivity contribution >= 4 is 16.7 Å². The van der Waals surface area contributed by atoms with Gasteiger partial charge >= 0.3 is 0 Å². The molecule has 0 amide bonds. The Hall–Kier alpha value is -2.47. The van der Waals surface area contributed by atoms with Gasteiger partial charge in [0, 0.05) is 24.8 Å². The summed E-state index contributed by atoms with van der Waals surface area (Å²) in [5.74, 6) is -0.208. The maximum Gasteiger partial charge on any atom is 0.139 e. The van der Waals surface area contributed by atoms with Crippen molar-refractivity contribution in [1.82, 2.24) is 15.2 Å². The highest BCUT2D eigenvalue weighted by molar-refractivity contribution is 5.76. The molecule has 1 atom stereocenters. The molecule has 0 aliphatic carbocycles. The molecular formula is C18H19FN4O. The lowest BCUT2D eigenvalue weighted by Gasteiger charge is -2.33. The summed E-state index contributed by atoms with van der Waals surface area (Å²) in [6.07, 6.45) is 2.25. The number of hydrogen-bond donors (Lipinski definition) is 1. The van der Waals surface area contributed by atoms with Crippen LogP contribution in [0.15, 0.2) is 47.1 Å². The van der Waals surface area contributed by atoms with E-state index >= 15 is 0 Å². The van der Waals surface area contributed by atoms with Gasteiger partial charge < -0.3 is 5.32 Å². The van der Waals surface area contributed by atoms with E-state index < -0.39 is 0 Å². The fourth-order valence-electron chi connectivity index (χ4n) is 3.33. The van der Waals surface area contributed by atoms with Gasteiger partial charge in [-0.15, -0.1) is 0 Å². The Morgan fingerprint density at radius 3 is 2.92 bits per heavy atom. The van der Waals surface area contributed by atoms with Crippen LogP contribution in [0, 0.1) is 5.82 Å². The van der Waals surface area contributed by atoms with Crippen molar-refractivity contribution in [2.24, 2.45) is 0 Å². The van der Waals surface area contributed by atoms with E-state index in [4.69, 9.17) is 4.63 Å². The summed E-state index contributed by atoms with van der Waals surface area (Å²) in [5, 5.41) is 11.4. The Kier molecular flexibility index (Phi) is 4.13. The third-order valence-electron chi connectivity index (χ3n) is 4.48. The Morgan fingerprint density at radius 1 is 1.17 bits per heavy atom. The molecule has 0 unspecified atom stereocenters. The third-order valence-corrected chi connectivity index (χ3v) is 4.48. The fourth-order valence-corrected chi connectivity index (χ4v) is 3.33. The number of halogens is 1. The first kappa shape index (κ1) is 15.1. The normalized spacial score (nSPS) is 18.8. The summed E-state index contributed by atoms with van der Waals surface area (Å²) in [4.78, 5) is 2.41. The standard InChI is InChI=1S/C18H19FN4O/c19-14-6-8-15(9-7-14)20-16-4-2-10-23(12-16)11-13-3-1-5-17-18(13)22-24-21-17/h1,3,5-9,16,20H,2,4,10-12H2/t16-/m0/s1. The number of nitrogens with one attached hydrogen (secondary N) is 1. The van der Waals surface area contributed by atoms with Crippen molar-refractivity contribution in [3.8, 4) is 0 Å². The number of aromatic nitrogens is 2. The highest BCUT2D eigenvalue weighted by atomic mass is 19.1. The summed E-state index contributed by atoms with van der Waals surface area (Å²) in [6.45, 7) is 2.83. The molecule has 1 fully saturated rings. The van der Waals surface area contributed by atoms with Gasteiger partial charge in [0.2, 0.25) is 0 Å². The number of rotatable bonds is 4. The molecule has 1 N–H and O–H groups in total. The number of piperidine rings is 1. The Bertz CT molecular complexity index is 817.